The minimum Gasteiger partial charge on any atom is -0.477 e. The molecular formula is C13H14FNO2. The van der Waals surface area contributed by atoms with Gasteiger partial charge in [-0.1, -0.05) is 26.0 Å². The Bertz CT molecular complexity index is 572. The zero-order valence-electron chi connectivity index (χ0n) is 9.77. The third-order valence-electron chi connectivity index (χ3n) is 2.64. The molecule has 0 atom stereocenters. The van der Waals surface area contributed by atoms with Crippen LogP contribution in [-0.2, 0) is 6.54 Å². The Balaban J connectivity index is 2.73. The van der Waals surface area contributed by atoms with E-state index in [4.69, 9.17) is 5.11 Å². The topological polar surface area (TPSA) is 42.2 Å². The number of benzene rings is 1. The Hall–Kier alpha value is -1.84. The van der Waals surface area contributed by atoms with Crippen molar-refractivity contribution in [3.63, 3.8) is 0 Å². The van der Waals surface area contributed by atoms with Gasteiger partial charge in [0.1, 0.15) is 11.5 Å². The summed E-state index contributed by atoms with van der Waals surface area (Å²) in [5, 5.41) is 9.76. The Morgan fingerprint density at radius 1 is 1.47 bits per heavy atom. The van der Waals surface area contributed by atoms with E-state index in [-0.39, 0.29) is 17.4 Å². The number of hydrogen-bond donors (Lipinski definition) is 1. The first kappa shape index (κ1) is 11.6. The first-order valence-electron chi connectivity index (χ1n) is 5.51. The number of carboxylic acids is 1. The molecule has 17 heavy (non-hydrogen) atoms. The van der Waals surface area contributed by atoms with Crippen molar-refractivity contribution in [1.29, 1.82) is 0 Å². The molecule has 1 aromatic carbocycles. The second kappa shape index (κ2) is 4.20. The summed E-state index contributed by atoms with van der Waals surface area (Å²) in [5.41, 5.74) is 0.511. The molecule has 0 radical (unpaired) electrons. The van der Waals surface area contributed by atoms with Crippen molar-refractivity contribution in [3.8, 4) is 0 Å². The summed E-state index contributed by atoms with van der Waals surface area (Å²) in [5.74, 6) is -1.15. The van der Waals surface area contributed by atoms with Gasteiger partial charge < -0.3 is 9.67 Å². The number of rotatable bonds is 3. The Morgan fingerprint density at radius 3 is 2.76 bits per heavy atom. The number of nitrogens with zero attached hydrogens (tertiary/aromatic N) is 1. The van der Waals surface area contributed by atoms with Gasteiger partial charge in [-0.2, -0.15) is 0 Å². The number of hydrogen-bond acceptors (Lipinski definition) is 1. The molecule has 0 fully saturated rings. The monoisotopic (exact) mass is 235 g/mol. The highest BCUT2D eigenvalue weighted by molar-refractivity contribution is 5.94. The first-order valence-corrected chi connectivity index (χ1v) is 5.51. The lowest BCUT2D eigenvalue weighted by molar-refractivity contribution is 0.0685. The van der Waals surface area contributed by atoms with Crippen LogP contribution in [0.15, 0.2) is 24.3 Å². The average Bonchev–Trinajstić information content (AvgIpc) is 2.57. The van der Waals surface area contributed by atoms with E-state index in [1.165, 1.54) is 16.7 Å². The fraction of sp³-hybridized carbons (Fsp3) is 0.308. The number of aromatic nitrogens is 1. The predicted octanol–water partition coefficient (Wildman–Crippen LogP) is 3.13. The molecule has 1 N–H and O–H groups in total. The lowest BCUT2D eigenvalue weighted by Crippen LogP contribution is -2.12. The van der Waals surface area contributed by atoms with Crippen LogP contribution in [0.1, 0.15) is 24.3 Å². The van der Waals surface area contributed by atoms with Crippen molar-refractivity contribution in [2.24, 2.45) is 5.92 Å². The number of fused-ring (bicyclic) bond motifs is 1. The largest absolute Gasteiger partial charge is 0.477 e. The summed E-state index contributed by atoms with van der Waals surface area (Å²) in [4.78, 5) is 11.1. The van der Waals surface area contributed by atoms with Crippen LogP contribution in [0.3, 0.4) is 0 Å². The SMILES string of the molecule is CC(C)Cn1c(C(=O)O)cc2cccc(F)c21. The molecule has 1 heterocycles. The Labute approximate surface area is 98.5 Å². The second-order valence-corrected chi connectivity index (χ2v) is 4.52. The van der Waals surface area contributed by atoms with Crippen LogP contribution in [0.25, 0.3) is 10.9 Å². The third kappa shape index (κ3) is 2.02. The molecule has 0 aliphatic rings. The van der Waals surface area contributed by atoms with E-state index in [1.54, 1.807) is 12.1 Å². The fourth-order valence-corrected chi connectivity index (χ4v) is 2.01. The zero-order chi connectivity index (χ0) is 12.6. The molecule has 0 aliphatic heterocycles. The minimum atomic E-state index is -1.03. The lowest BCUT2D eigenvalue weighted by Gasteiger charge is -2.11. The van der Waals surface area contributed by atoms with Gasteiger partial charge in [0.15, 0.2) is 0 Å². The van der Waals surface area contributed by atoms with E-state index in [9.17, 15) is 9.18 Å². The highest BCUT2D eigenvalue weighted by atomic mass is 19.1. The maximum Gasteiger partial charge on any atom is 0.352 e. The van der Waals surface area contributed by atoms with Crippen LogP contribution in [0, 0.1) is 11.7 Å². The second-order valence-electron chi connectivity index (χ2n) is 4.52. The van der Waals surface area contributed by atoms with Gasteiger partial charge in [-0.05, 0) is 18.1 Å². The molecule has 2 aromatic rings. The summed E-state index contributed by atoms with van der Waals surface area (Å²) in [7, 11) is 0. The average molecular weight is 235 g/mol. The molecule has 0 saturated heterocycles. The van der Waals surface area contributed by atoms with Gasteiger partial charge in [-0.15, -0.1) is 0 Å². The maximum atomic E-state index is 13.8. The smallest absolute Gasteiger partial charge is 0.352 e. The summed E-state index contributed by atoms with van der Waals surface area (Å²) in [6, 6.07) is 6.18. The molecule has 3 nitrogen and oxygen atoms in total. The van der Waals surface area contributed by atoms with E-state index in [0.717, 1.165) is 0 Å². The van der Waals surface area contributed by atoms with E-state index in [2.05, 4.69) is 0 Å². The van der Waals surface area contributed by atoms with Crippen molar-refractivity contribution < 1.29 is 14.3 Å². The van der Waals surface area contributed by atoms with Crippen molar-refractivity contribution in [1.82, 2.24) is 4.57 Å². The molecule has 0 saturated carbocycles. The Morgan fingerprint density at radius 2 is 2.18 bits per heavy atom. The van der Waals surface area contributed by atoms with Crippen molar-refractivity contribution in [2.45, 2.75) is 20.4 Å². The van der Waals surface area contributed by atoms with Crippen LogP contribution in [0.5, 0.6) is 0 Å². The standard InChI is InChI=1S/C13H14FNO2/c1-8(2)7-15-11(13(16)17)6-9-4-3-5-10(14)12(9)15/h3-6,8H,7H2,1-2H3,(H,16,17). The van der Waals surface area contributed by atoms with Crippen molar-refractivity contribution in [2.75, 3.05) is 0 Å². The molecule has 4 heteroatoms. The number of carbonyl (C=O) groups is 1. The lowest BCUT2D eigenvalue weighted by atomic mass is 10.2. The van der Waals surface area contributed by atoms with Gasteiger partial charge in [-0.3, -0.25) is 0 Å². The molecule has 0 amide bonds. The molecule has 0 aliphatic carbocycles. The molecule has 1 aromatic heterocycles. The van der Waals surface area contributed by atoms with Crippen molar-refractivity contribution >= 4 is 16.9 Å². The number of halogens is 1. The third-order valence-corrected chi connectivity index (χ3v) is 2.64. The van der Waals surface area contributed by atoms with Crippen LogP contribution >= 0.6 is 0 Å². The van der Waals surface area contributed by atoms with Gasteiger partial charge in [0, 0.05) is 11.9 Å². The quantitative estimate of drug-likeness (QED) is 0.888. The molecule has 0 unspecified atom stereocenters. The van der Waals surface area contributed by atoms with Gasteiger partial charge >= 0.3 is 5.97 Å². The molecule has 90 valence electrons. The van der Waals surface area contributed by atoms with Crippen molar-refractivity contribution in [3.05, 3.63) is 35.8 Å². The maximum absolute atomic E-state index is 13.8. The van der Waals surface area contributed by atoms with Crippen LogP contribution in [-0.4, -0.2) is 15.6 Å². The van der Waals surface area contributed by atoms with E-state index in [1.807, 2.05) is 13.8 Å². The highest BCUT2D eigenvalue weighted by Crippen LogP contribution is 2.24. The molecule has 0 spiro atoms. The van der Waals surface area contributed by atoms with Crippen LogP contribution in [0.2, 0.25) is 0 Å². The predicted molar refractivity (Wildman–Crippen MR) is 63.7 cm³/mol. The van der Waals surface area contributed by atoms with E-state index < -0.39 is 5.97 Å². The summed E-state index contributed by atoms with van der Waals surface area (Å²) in [6.45, 7) is 4.43. The van der Waals surface area contributed by atoms with Gasteiger partial charge in [0.05, 0.1) is 5.52 Å². The molecule has 2 rings (SSSR count). The normalized spacial score (nSPS) is 11.3. The Kier molecular flexibility index (Phi) is 2.88. The van der Waals surface area contributed by atoms with Crippen LogP contribution in [0.4, 0.5) is 4.39 Å². The summed E-state index contributed by atoms with van der Waals surface area (Å²) in [6.07, 6.45) is 0. The van der Waals surface area contributed by atoms with Gasteiger partial charge in [0.25, 0.3) is 0 Å². The zero-order valence-corrected chi connectivity index (χ0v) is 9.77. The minimum absolute atomic E-state index is 0.138. The van der Waals surface area contributed by atoms with Gasteiger partial charge in [-0.25, -0.2) is 9.18 Å². The first-order chi connectivity index (χ1) is 8.00. The number of para-hydroxylation sites is 1. The van der Waals surface area contributed by atoms with Crippen LogP contribution < -0.4 is 0 Å². The fourth-order valence-electron chi connectivity index (χ4n) is 2.01. The summed E-state index contributed by atoms with van der Waals surface area (Å²) < 4.78 is 15.3. The molecular weight excluding hydrogens is 221 g/mol. The van der Waals surface area contributed by atoms with E-state index in [0.29, 0.717) is 17.4 Å². The number of carboxylic acid groups (broad SMARTS) is 1. The summed E-state index contributed by atoms with van der Waals surface area (Å²) >= 11 is 0. The highest BCUT2D eigenvalue weighted by Gasteiger charge is 2.17. The molecule has 0 bridgehead atoms. The van der Waals surface area contributed by atoms with E-state index >= 15 is 0 Å². The number of aromatic carboxylic acids is 1. The van der Waals surface area contributed by atoms with Gasteiger partial charge in [0.2, 0.25) is 0 Å².